The quantitative estimate of drug-likeness (QED) is 0.596. The molecule has 4 rings (SSSR count). The van der Waals surface area contributed by atoms with Crippen molar-refractivity contribution in [2.24, 2.45) is 0 Å². The molecule has 0 saturated heterocycles. The summed E-state index contributed by atoms with van der Waals surface area (Å²) in [4.78, 5) is 2.15. The summed E-state index contributed by atoms with van der Waals surface area (Å²) in [7, 11) is 0. The van der Waals surface area contributed by atoms with Crippen LogP contribution in [0.25, 0.3) is 15.8 Å². The summed E-state index contributed by atoms with van der Waals surface area (Å²) in [5.74, 6) is 0. The highest BCUT2D eigenvalue weighted by atomic mass is 32.1. The van der Waals surface area contributed by atoms with E-state index in [1.54, 1.807) is 17.4 Å². The molecule has 4 heteroatoms. The number of hydrogen-bond donors (Lipinski definition) is 0. The Morgan fingerprint density at radius 3 is 2.83 bits per heavy atom. The first-order valence-electron chi connectivity index (χ1n) is 7.46. The molecule has 0 unspecified atom stereocenters. The fraction of sp³-hybridized carbons (Fsp3) is 0.158. The van der Waals surface area contributed by atoms with Gasteiger partial charge < -0.3 is 4.90 Å². The van der Waals surface area contributed by atoms with Crippen molar-refractivity contribution in [3.63, 3.8) is 0 Å². The Bertz CT molecular complexity index is 897. The molecule has 0 N–H and O–H groups in total. The summed E-state index contributed by atoms with van der Waals surface area (Å²) < 4.78 is 26.4. The van der Waals surface area contributed by atoms with Gasteiger partial charge in [0.25, 0.3) is 0 Å². The molecule has 0 atom stereocenters. The van der Waals surface area contributed by atoms with Crippen LogP contribution in [0.5, 0.6) is 0 Å². The molecule has 0 bridgehead atoms. The molecule has 2 heterocycles. The van der Waals surface area contributed by atoms with Crippen LogP contribution in [0.3, 0.4) is 0 Å². The first-order chi connectivity index (χ1) is 11.1. The maximum atomic E-state index is 12.6. The largest absolute Gasteiger partial charge is 0.337 e. The summed E-state index contributed by atoms with van der Waals surface area (Å²) in [6.45, 7) is 4.92. The van der Waals surface area contributed by atoms with Crippen molar-refractivity contribution >= 4 is 32.8 Å². The average Bonchev–Trinajstić information content (AvgIpc) is 3.11. The molecule has 0 amide bonds. The SMILES string of the molecule is C=C1c2cc(CC(F)F)ccc2CN1c1ccc2ccsc2c1. The number of rotatable bonds is 3. The van der Waals surface area contributed by atoms with Crippen LogP contribution in [0.2, 0.25) is 0 Å². The second-order valence-electron chi connectivity index (χ2n) is 5.76. The van der Waals surface area contributed by atoms with Crippen molar-refractivity contribution < 1.29 is 8.78 Å². The Labute approximate surface area is 137 Å². The number of benzene rings is 2. The van der Waals surface area contributed by atoms with Gasteiger partial charge in [0.15, 0.2) is 0 Å². The smallest absolute Gasteiger partial charge is 0.242 e. The number of halogens is 2. The van der Waals surface area contributed by atoms with Crippen molar-refractivity contribution in [2.75, 3.05) is 4.90 Å². The molecule has 0 spiro atoms. The van der Waals surface area contributed by atoms with Crippen molar-refractivity contribution in [3.05, 3.63) is 71.1 Å². The number of anilines is 1. The van der Waals surface area contributed by atoms with Gasteiger partial charge in [0.2, 0.25) is 6.43 Å². The van der Waals surface area contributed by atoms with Gasteiger partial charge >= 0.3 is 0 Å². The molecule has 1 aliphatic rings. The van der Waals surface area contributed by atoms with E-state index in [0.29, 0.717) is 5.56 Å². The van der Waals surface area contributed by atoms with Gasteiger partial charge in [-0.2, -0.15) is 0 Å². The maximum absolute atomic E-state index is 12.6. The zero-order valence-electron chi connectivity index (χ0n) is 12.4. The summed E-state index contributed by atoms with van der Waals surface area (Å²) in [5.41, 5.74) is 4.76. The molecule has 23 heavy (non-hydrogen) atoms. The fourth-order valence-electron chi connectivity index (χ4n) is 3.10. The summed E-state index contributed by atoms with van der Waals surface area (Å²) in [6, 6.07) is 14.1. The van der Waals surface area contributed by atoms with Gasteiger partial charge in [-0.05, 0) is 46.2 Å². The molecule has 2 aromatic carbocycles. The number of thiophene rings is 1. The zero-order valence-corrected chi connectivity index (χ0v) is 13.2. The van der Waals surface area contributed by atoms with E-state index in [1.807, 2.05) is 12.1 Å². The van der Waals surface area contributed by atoms with Crippen LogP contribution >= 0.6 is 11.3 Å². The van der Waals surface area contributed by atoms with E-state index in [-0.39, 0.29) is 6.42 Å². The van der Waals surface area contributed by atoms with Crippen LogP contribution in [0.15, 0.2) is 54.4 Å². The normalized spacial score (nSPS) is 14.0. The lowest BCUT2D eigenvalue weighted by Crippen LogP contribution is -2.12. The van der Waals surface area contributed by atoms with Gasteiger partial charge in [-0.3, -0.25) is 0 Å². The third-order valence-electron chi connectivity index (χ3n) is 4.28. The molecule has 1 aliphatic heterocycles. The average molecular weight is 327 g/mol. The number of alkyl halides is 2. The van der Waals surface area contributed by atoms with Crippen LogP contribution < -0.4 is 4.90 Å². The summed E-state index contributed by atoms with van der Waals surface area (Å²) >= 11 is 1.71. The monoisotopic (exact) mass is 327 g/mol. The third-order valence-corrected chi connectivity index (χ3v) is 5.16. The van der Waals surface area contributed by atoms with E-state index in [2.05, 4.69) is 41.1 Å². The van der Waals surface area contributed by atoms with Gasteiger partial charge in [0, 0.05) is 34.6 Å². The first-order valence-corrected chi connectivity index (χ1v) is 8.34. The van der Waals surface area contributed by atoms with E-state index >= 15 is 0 Å². The van der Waals surface area contributed by atoms with E-state index in [9.17, 15) is 8.78 Å². The van der Waals surface area contributed by atoms with Crippen LogP contribution in [0.4, 0.5) is 14.5 Å². The molecule has 0 radical (unpaired) electrons. The van der Waals surface area contributed by atoms with Gasteiger partial charge in [-0.1, -0.05) is 24.8 Å². The Morgan fingerprint density at radius 2 is 2.00 bits per heavy atom. The number of fused-ring (bicyclic) bond motifs is 2. The third kappa shape index (κ3) is 2.53. The van der Waals surface area contributed by atoms with Crippen LogP contribution in [-0.4, -0.2) is 6.43 Å². The number of hydrogen-bond acceptors (Lipinski definition) is 2. The topological polar surface area (TPSA) is 3.24 Å². The Morgan fingerprint density at radius 1 is 1.13 bits per heavy atom. The predicted octanol–water partition coefficient (Wildman–Crippen LogP) is 5.70. The van der Waals surface area contributed by atoms with Gasteiger partial charge in [-0.15, -0.1) is 11.3 Å². The van der Waals surface area contributed by atoms with Crippen molar-refractivity contribution in [2.45, 2.75) is 19.4 Å². The minimum absolute atomic E-state index is 0.207. The Balaban J connectivity index is 1.68. The molecule has 0 fully saturated rings. The van der Waals surface area contributed by atoms with Gasteiger partial charge in [-0.25, -0.2) is 8.78 Å². The highest BCUT2D eigenvalue weighted by Crippen LogP contribution is 2.38. The summed E-state index contributed by atoms with van der Waals surface area (Å²) in [5, 5.41) is 3.32. The molecule has 1 aromatic heterocycles. The van der Waals surface area contributed by atoms with Crippen LogP contribution in [0, 0.1) is 0 Å². The molecule has 0 saturated carbocycles. The fourth-order valence-corrected chi connectivity index (χ4v) is 3.93. The molecule has 1 nitrogen and oxygen atoms in total. The van der Waals surface area contributed by atoms with Gasteiger partial charge in [0.1, 0.15) is 0 Å². The van der Waals surface area contributed by atoms with Crippen molar-refractivity contribution in [1.29, 1.82) is 0 Å². The lowest BCUT2D eigenvalue weighted by molar-refractivity contribution is 0.149. The lowest BCUT2D eigenvalue weighted by Gasteiger charge is -2.19. The zero-order chi connectivity index (χ0) is 16.0. The van der Waals surface area contributed by atoms with Crippen LogP contribution in [0.1, 0.15) is 16.7 Å². The molecule has 0 aliphatic carbocycles. The highest BCUT2D eigenvalue weighted by molar-refractivity contribution is 7.17. The van der Waals surface area contributed by atoms with Crippen molar-refractivity contribution in [1.82, 2.24) is 0 Å². The first kappa shape index (κ1) is 14.4. The Kier molecular flexibility index (Phi) is 3.42. The van der Waals surface area contributed by atoms with E-state index in [0.717, 1.165) is 29.1 Å². The van der Waals surface area contributed by atoms with E-state index in [1.165, 1.54) is 10.1 Å². The maximum Gasteiger partial charge on any atom is 0.242 e. The molecule has 116 valence electrons. The van der Waals surface area contributed by atoms with E-state index < -0.39 is 6.43 Å². The molecule has 3 aromatic rings. The molecular formula is C19H15F2NS. The summed E-state index contributed by atoms with van der Waals surface area (Å²) in [6.07, 6.45) is -2.53. The predicted molar refractivity (Wildman–Crippen MR) is 93.2 cm³/mol. The number of nitrogens with zero attached hydrogens (tertiary/aromatic N) is 1. The standard InChI is InChI=1S/C19H15F2NS/c1-12-17-8-13(9-19(20)21)2-3-15(17)11-22(12)16-5-4-14-6-7-23-18(14)10-16/h2-8,10,19H,1,9,11H2. The van der Waals surface area contributed by atoms with Gasteiger partial charge in [0.05, 0.1) is 0 Å². The second kappa shape index (κ2) is 5.46. The minimum Gasteiger partial charge on any atom is -0.337 e. The Hall–Kier alpha value is -2.20. The second-order valence-corrected chi connectivity index (χ2v) is 6.71. The van der Waals surface area contributed by atoms with Crippen molar-refractivity contribution in [3.8, 4) is 0 Å². The minimum atomic E-state index is -2.32. The lowest BCUT2D eigenvalue weighted by atomic mass is 10.0. The highest BCUT2D eigenvalue weighted by Gasteiger charge is 2.24. The molecular weight excluding hydrogens is 312 g/mol. The van der Waals surface area contributed by atoms with Crippen LogP contribution in [-0.2, 0) is 13.0 Å². The van der Waals surface area contributed by atoms with E-state index in [4.69, 9.17) is 0 Å².